The zero-order valence-electron chi connectivity index (χ0n) is 12.4. The number of hydrogen-bond donors (Lipinski definition) is 2. The number of nitrogens with zero attached hydrogens (tertiary/aromatic N) is 2. The molecule has 1 saturated carbocycles. The van der Waals surface area contributed by atoms with Crippen LogP contribution >= 0.6 is 11.3 Å². The molecule has 1 fully saturated rings. The summed E-state index contributed by atoms with van der Waals surface area (Å²) in [7, 11) is 0. The number of hydrogen-bond acceptors (Lipinski definition) is 5. The van der Waals surface area contributed by atoms with Crippen LogP contribution in [0.1, 0.15) is 36.6 Å². The number of carboxylic acids is 1. The topological polar surface area (TPSA) is 75.1 Å². The minimum atomic E-state index is -0.735. The van der Waals surface area contributed by atoms with Gasteiger partial charge in [0, 0.05) is 10.9 Å². The van der Waals surface area contributed by atoms with Crippen LogP contribution in [0.15, 0.2) is 6.33 Å². The fourth-order valence-corrected chi connectivity index (χ4v) is 4.11. The van der Waals surface area contributed by atoms with Crippen LogP contribution in [0, 0.1) is 19.3 Å². The van der Waals surface area contributed by atoms with Crippen LogP contribution in [-0.4, -0.2) is 27.1 Å². The van der Waals surface area contributed by atoms with Crippen LogP contribution < -0.4 is 5.32 Å². The second-order valence-electron chi connectivity index (χ2n) is 6.00. The SMILES string of the molecule is Cc1sc2ncnc(NC3CCCC3(C)C(=O)O)c2c1C. The van der Waals surface area contributed by atoms with Gasteiger partial charge >= 0.3 is 5.97 Å². The Kier molecular flexibility index (Phi) is 3.36. The molecule has 0 aromatic carbocycles. The predicted molar refractivity (Wildman–Crippen MR) is 83.9 cm³/mol. The standard InChI is InChI=1S/C15H19N3O2S/c1-8-9(2)21-13-11(8)12(16-7-17-13)18-10-5-4-6-15(10,3)14(19)20/h7,10H,4-6H2,1-3H3,(H,19,20)(H,16,17,18). The van der Waals surface area contributed by atoms with E-state index in [1.54, 1.807) is 17.7 Å². The van der Waals surface area contributed by atoms with E-state index in [0.717, 1.165) is 28.9 Å². The second kappa shape index (κ2) is 4.94. The van der Waals surface area contributed by atoms with Crippen LogP contribution in [0.3, 0.4) is 0 Å². The summed E-state index contributed by atoms with van der Waals surface area (Å²) in [5, 5.41) is 13.9. The minimum absolute atomic E-state index is 0.0901. The van der Waals surface area contributed by atoms with E-state index in [0.29, 0.717) is 6.42 Å². The summed E-state index contributed by atoms with van der Waals surface area (Å²) < 4.78 is 0. The Morgan fingerprint density at radius 3 is 2.95 bits per heavy atom. The summed E-state index contributed by atoms with van der Waals surface area (Å²) in [6.07, 6.45) is 4.04. The average molecular weight is 305 g/mol. The highest BCUT2D eigenvalue weighted by atomic mass is 32.1. The monoisotopic (exact) mass is 305 g/mol. The largest absolute Gasteiger partial charge is 0.481 e. The summed E-state index contributed by atoms with van der Waals surface area (Å²) in [5.41, 5.74) is 0.448. The number of carboxylic acid groups (broad SMARTS) is 1. The quantitative estimate of drug-likeness (QED) is 0.909. The third-order valence-corrected chi connectivity index (χ3v) is 5.84. The highest BCUT2D eigenvalue weighted by Gasteiger charge is 2.45. The lowest BCUT2D eigenvalue weighted by molar-refractivity contribution is -0.147. The molecule has 1 aliphatic rings. The van der Waals surface area contributed by atoms with Gasteiger partial charge in [-0.15, -0.1) is 11.3 Å². The third-order valence-electron chi connectivity index (χ3n) is 4.72. The Hall–Kier alpha value is -1.69. The van der Waals surface area contributed by atoms with Crippen molar-refractivity contribution in [3.63, 3.8) is 0 Å². The van der Waals surface area contributed by atoms with Crippen molar-refractivity contribution in [1.29, 1.82) is 0 Å². The van der Waals surface area contributed by atoms with E-state index in [4.69, 9.17) is 0 Å². The number of fused-ring (bicyclic) bond motifs is 1. The molecule has 2 unspecified atom stereocenters. The molecule has 1 aliphatic carbocycles. The van der Waals surface area contributed by atoms with Crippen LogP contribution in [0.5, 0.6) is 0 Å². The summed E-state index contributed by atoms with van der Waals surface area (Å²) in [6.45, 7) is 5.96. The molecule has 2 atom stereocenters. The number of aliphatic carboxylic acids is 1. The molecule has 21 heavy (non-hydrogen) atoms. The first-order valence-electron chi connectivity index (χ1n) is 7.14. The highest BCUT2D eigenvalue weighted by Crippen LogP contribution is 2.41. The van der Waals surface area contributed by atoms with Gasteiger partial charge in [-0.3, -0.25) is 4.79 Å². The zero-order chi connectivity index (χ0) is 15.2. The highest BCUT2D eigenvalue weighted by molar-refractivity contribution is 7.18. The molecule has 0 radical (unpaired) electrons. The van der Waals surface area contributed by atoms with Crippen molar-refractivity contribution in [3.05, 3.63) is 16.8 Å². The van der Waals surface area contributed by atoms with E-state index < -0.39 is 11.4 Å². The molecular weight excluding hydrogens is 286 g/mol. The fraction of sp³-hybridized carbons (Fsp3) is 0.533. The van der Waals surface area contributed by atoms with Gasteiger partial charge in [-0.25, -0.2) is 9.97 Å². The fourth-order valence-electron chi connectivity index (χ4n) is 3.11. The lowest BCUT2D eigenvalue weighted by Gasteiger charge is -2.28. The van der Waals surface area contributed by atoms with Crippen molar-refractivity contribution in [2.24, 2.45) is 5.41 Å². The van der Waals surface area contributed by atoms with E-state index in [1.165, 1.54) is 10.4 Å². The molecule has 2 aromatic heterocycles. The molecular formula is C15H19N3O2S. The number of rotatable bonds is 3. The van der Waals surface area contributed by atoms with Crippen LogP contribution in [-0.2, 0) is 4.79 Å². The Labute approximate surface area is 127 Å². The summed E-state index contributed by atoms with van der Waals surface area (Å²) in [4.78, 5) is 22.4. The van der Waals surface area contributed by atoms with Gasteiger partial charge in [-0.2, -0.15) is 0 Å². The number of aryl methyl sites for hydroxylation is 2. The maximum absolute atomic E-state index is 11.6. The zero-order valence-corrected chi connectivity index (χ0v) is 13.3. The number of carbonyl (C=O) groups is 1. The van der Waals surface area contributed by atoms with Gasteiger partial charge in [-0.05, 0) is 39.2 Å². The number of nitrogens with one attached hydrogen (secondary N) is 1. The van der Waals surface area contributed by atoms with Crippen LogP contribution in [0.4, 0.5) is 5.82 Å². The number of aromatic nitrogens is 2. The smallest absolute Gasteiger partial charge is 0.311 e. The van der Waals surface area contributed by atoms with Gasteiger partial charge < -0.3 is 10.4 Å². The van der Waals surface area contributed by atoms with Crippen molar-refractivity contribution in [1.82, 2.24) is 9.97 Å². The van der Waals surface area contributed by atoms with Gasteiger partial charge in [0.15, 0.2) is 0 Å². The van der Waals surface area contributed by atoms with Crippen molar-refractivity contribution in [3.8, 4) is 0 Å². The normalized spacial score (nSPS) is 25.4. The first-order chi connectivity index (χ1) is 9.93. The molecule has 0 amide bonds. The summed E-state index contributed by atoms with van der Waals surface area (Å²) in [6, 6.07) is -0.0901. The van der Waals surface area contributed by atoms with Crippen molar-refractivity contribution in [2.75, 3.05) is 5.32 Å². The molecule has 2 N–H and O–H groups in total. The summed E-state index contributed by atoms with van der Waals surface area (Å²) >= 11 is 1.65. The lowest BCUT2D eigenvalue weighted by Crippen LogP contribution is -2.40. The molecule has 112 valence electrons. The Bertz CT molecular complexity index is 712. The molecule has 0 spiro atoms. The van der Waals surface area contributed by atoms with Crippen molar-refractivity contribution in [2.45, 2.75) is 46.1 Å². The van der Waals surface area contributed by atoms with E-state index in [9.17, 15) is 9.90 Å². The molecule has 0 bridgehead atoms. The molecule has 0 aliphatic heterocycles. The molecule has 0 saturated heterocycles. The maximum Gasteiger partial charge on any atom is 0.311 e. The Morgan fingerprint density at radius 1 is 1.48 bits per heavy atom. The van der Waals surface area contributed by atoms with E-state index in [-0.39, 0.29) is 6.04 Å². The molecule has 3 rings (SSSR count). The van der Waals surface area contributed by atoms with Crippen LogP contribution in [0.2, 0.25) is 0 Å². The Morgan fingerprint density at radius 2 is 2.24 bits per heavy atom. The van der Waals surface area contributed by atoms with Crippen molar-refractivity contribution >= 4 is 33.3 Å². The third kappa shape index (κ3) is 2.18. The minimum Gasteiger partial charge on any atom is -0.481 e. The first kappa shape index (κ1) is 14.3. The van der Waals surface area contributed by atoms with Gasteiger partial charge in [0.05, 0.1) is 10.8 Å². The first-order valence-corrected chi connectivity index (χ1v) is 7.96. The molecule has 5 nitrogen and oxygen atoms in total. The van der Waals surface area contributed by atoms with E-state index >= 15 is 0 Å². The summed E-state index contributed by atoms with van der Waals surface area (Å²) in [5.74, 6) is 0.0299. The number of thiophene rings is 1. The van der Waals surface area contributed by atoms with E-state index in [1.807, 2.05) is 6.92 Å². The second-order valence-corrected chi connectivity index (χ2v) is 7.20. The van der Waals surface area contributed by atoms with Gasteiger partial charge in [0.25, 0.3) is 0 Å². The molecule has 6 heteroatoms. The lowest BCUT2D eigenvalue weighted by atomic mass is 9.85. The molecule has 2 heterocycles. The predicted octanol–water partition coefficient (Wildman–Crippen LogP) is 3.36. The Balaban J connectivity index is 2.01. The van der Waals surface area contributed by atoms with Crippen molar-refractivity contribution < 1.29 is 9.90 Å². The average Bonchev–Trinajstić information content (AvgIpc) is 2.94. The van der Waals surface area contributed by atoms with E-state index in [2.05, 4.69) is 29.1 Å². The van der Waals surface area contributed by atoms with Gasteiger partial charge in [-0.1, -0.05) is 6.42 Å². The van der Waals surface area contributed by atoms with Gasteiger partial charge in [0.1, 0.15) is 17.0 Å². The van der Waals surface area contributed by atoms with Crippen LogP contribution in [0.25, 0.3) is 10.2 Å². The number of anilines is 1. The van der Waals surface area contributed by atoms with Gasteiger partial charge in [0.2, 0.25) is 0 Å². The molecule has 2 aromatic rings. The maximum atomic E-state index is 11.6.